The van der Waals surface area contributed by atoms with E-state index >= 15 is 0 Å². The van der Waals surface area contributed by atoms with Crippen molar-refractivity contribution in [2.75, 3.05) is 0 Å². The molecule has 0 N–H and O–H groups in total. The van der Waals surface area contributed by atoms with Crippen LogP contribution >= 0.6 is 0 Å². The van der Waals surface area contributed by atoms with E-state index in [9.17, 15) is 0 Å². The normalized spacial score (nSPS) is 21.0. The van der Waals surface area contributed by atoms with Crippen LogP contribution in [0.15, 0.2) is 0 Å². The van der Waals surface area contributed by atoms with Gasteiger partial charge in [0.2, 0.25) is 0 Å². The summed E-state index contributed by atoms with van der Waals surface area (Å²) in [6.07, 6.45) is 11.5. The van der Waals surface area contributed by atoms with Crippen molar-refractivity contribution < 1.29 is 14.0 Å². The van der Waals surface area contributed by atoms with Crippen LogP contribution in [0.2, 0.25) is 0 Å². The number of unbranched alkanes of at least 4 members (excludes halogenated alkanes) is 7. The molecule has 3 fully saturated rings. The van der Waals surface area contributed by atoms with Gasteiger partial charge in [-0.1, -0.05) is 51.9 Å². The third kappa shape index (κ3) is 2.96. The van der Waals surface area contributed by atoms with Gasteiger partial charge in [0.1, 0.15) is 0 Å². The second-order valence-corrected chi connectivity index (χ2v) is 4.55. The zero-order valence-electron chi connectivity index (χ0n) is 9.67. The standard InChI is InChI=1S/C11H21BO3/c1-2-3-4-5-6-7-8-9-10-11-13-12(14-11)15-11/h2-10H2,1H3. The van der Waals surface area contributed by atoms with E-state index in [-0.39, 0.29) is 7.32 Å². The summed E-state index contributed by atoms with van der Waals surface area (Å²) in [6.45, 7) is 2.25. The van der Waals surface area contributed by atoms with Crippen molar-refractivity contribution in [3.05, 3.63) is 0 Å². The van der Waals surface area contributed by atoms with Gasteiger partial charge in [0, 0.05) is 6.42 Å². The Hall–Kier alpha value is -0.0551. The molecule has 2 bridgehead atoms. The van der Waals surface area contributed by atoms with Crippen molar-refractivity contribution in [2.24, 2.45) is 0 Å². The van der Waals surface area contributed by atoms with Crippen LogP contribution in [0.3, 0.4) is 0 Å². The van der Waals surface area contributed by atoms with Gasteiger partial charge in [0.05, 0.1) is 0 Å². The van der Waals surface area contributed by atoms with E-state index in [0.717, 1.165) is 12.8 Å². The first-order chi connectivity index (χ1) is 7.35. The maximum Gasteiger partial charge on any atom is 0.650 e. The second-order valence-electron chi connectivity index (χ2n) is 4.55. The van der Waals surface area contributed by atoms with Gasteiger partial charge in [-0.15, -0.1) is 0 Å². The van der Waals surface area contributed by atoms with Gasteiger partial charge in [-0.25, -0.2) is 0 Å². The molecule has 0 radical (unpaired) electrons. The molecule has 3 heterocycles. The Morgan fingerprint density at radius 1 is 0.800 bits per heavy atom. The summed E-state index contributed by atoms with van der Waals surface area (Å²) in [5, 5.41) is 0. The van der Waals surface area contributed by atoms with Crippen LogP contribution in [0.5, 0.6) is 0 Å². The third-order valence-corrected chi connectivity index (χ3v) is 3.16. The highest BCUT2D eigenvalue weighted by Gasteiger charge is 2.68. The molecule has 3 aliphatic rings. The fourth-order valence-corrected chi connectivity index (χ4v) is 2.12. The molecule has 15 heavy (non-hydrogen) atoms. The molecule has 86 valence electrons. The molecule has 0 amide bonds. The summed E-state index contributed by atoms with van der Waals surface area (Å²) in [5.41, 5.74) is 0. The smallest absolute Gasteiger partial charge is 0.336 e. The summed E-state index contributed by atoms with van der Waals surface area (Å²) in [7, 11) is -0.320. The van der Waals surface area contributed by atoms with Crippen LogP contribution in [0, 0.1) is 0 Å². The first-order valence-electron chi connectivity index (χ1n) is 6.38. The number of hydrogen-bond acceptors (Lipinski definition) is 3. The topological polar surface area (TPSA) is 27.7 Å². The maximum atomic E-state index is 5.23. The highest BCUT2D eigenvalue weighted by atomic mass is 17.1. The molecule has 4 heteroatoms. The average Bonchev–Trinajstić information content (AvgIpc) is 2.10. The van der Waals surface area contributed by atoms with Crippen LogP contribution in [0.4, 0.5) is 0 Å². The number of hydrogen-bond donors (Lipinski definition) is 0. The van der Waals surface area contributed by atoms with Crippen molar-refractivity contribution in [1.29, 1.82) is 0 Å². The SMILES string of the molecule is CCCCCCCCCCC12OB(O1)O2. The number of rotatable bonds is 9. The predicted molar refractivity (Wildman–Crippen MR) is 59.0 cm³/mol. The molecular formula is C11H21BO3. The first kappa shape index (κ1) is 11.4. The van der Waals surface area contributed by atoms with Gasteiger partial charge in [0.15, 0.2) is 0 Å². The molecule has 3 nitrogen and oxygen atoms in total. The van der Waals surface area contributed by atoms with Gasteiger partial charge >= 0.3 is 7.32 Å². The molecule has 0 unspecified atom stereocenters. The van der Waals surface area contributed by atoms with Crippen molar-refractivity contribution in [3.63, 3.8) is 0 Å². The summed E-state index contributed by atoms with van der Waals surface area (Å²) in [6, 6.07) is 0. The van der Waals surface area contributed by atoms with Crippen LogP contribution in [0.25, 0.3) is 0 Å². The lowest BCUT2D eigenvalue weighted by Crippen LogP contribution is -2.74. The minimum atomic E-state index is -0.590. The zero-order chi connectivity index (χ0) is 10.6. The summed E-state index contributed by atoms with van der Waals surface area (Å²) in [4.78, 5) is 0. The molecule has 0 saturated carbocycles. The van der Waals surface area contributed by atoms with E-state index in [2.05, 4.69) is 6.92 Å². The molecule has 0 aromatic heterocycles. The van der Waals surface area contributed by atoms with Gasteiger partial charge in [0.25, 0.3) is 5.97 Å². The Bertz CT molecular complexity index is 181. The fraction of sp³-hybridized carbons (Fsp3) is 1.00. The molecule has 3 rings (SSSR count). The molecule has 0 spiro atoms. The van der Waals surface area contributed by atoms with Crippen LogP contribution in [0.1, 0.15) is 64.7 Å². The van der Waals surface area contributed by atoms with Gasteiger partial charge in [-0.3, -0.25) is 0 Å². The predicted octanol–water partition coefficient (Wildman–Crippen LogP) is 3.23. The van der Waals surface area contributed by atoms with E-state index in [1.807, 2.05) is 0 Å². The lowest BCUT2D eigenvalue weighted by atomic mass is 9.97. The van der Waals surface area contributed by atoms with Gasteiger partial charge in [-0.05, 0) is 6.42 Å². The monoisotopic (exact) mass is 212 g/mol. The van der Waals surface area contributed by atoms with E-state index in [1.54, 1.807) is 0 Å². The quantitative estimate of drug-likeness (QED) is 0.433. The second kappa shape index (κ2) is 5.33. The van der Waals surface area contributed by atoms with E-state index in [4.69, 9.17) is 14.0 Å². The van der Waals surface area contributed by atoms with Crippen molar-refractivity contribution in [3.8, 4) is 0 Å². The fourth-order valence-electron chi connectivity index (χ4n) is 2.12. The Labute approximate surface area is 92.6 Å². The molecule has 3 aliphatic heterocycles. The summed E-state index contributed by atoms with van der Waals surface area (Å²) in [5.74, 6) is -0.590. The Kier molecular flexibility index (Phi) is 4.06. The average molecular weight is 212 g/mol. The Balaban J connectivity index is 1.33. The largest absolute Gasteiger partial charge is 0.650 e. The minimum absolute atomic E-state index is 0.320. The lowest BCUT2D eigenvalue weighted by Gasteiger charge is -2.56. The van der Waals surface area contributed by atoms with Crippen molar-refractivity contribution in [2.45, 2.75) is 70.7 Å². The highest BCUT2D eigenvalue weighted by molar-refractivity contribution is 6.43. The molecule has 3 saturated heterocycles. The van der Waals surface area contributed by atoms with Crippen molar-refractivity contribution in [1.82, 2.24) is 0 Å². The van der Waals surface area contributed by atoms with E-state index in [1.165, 1.54) is 44.9 Å². The van der Waals surface area contributed by atoms with Crippen molar-refractivity contribution >= 4 is 7.32 Å². The van der Waals surface area contributed by atoms with Crippen LogP contribution in [-0.4, -0.2) is 13.3 Å². The molecule has 0 atom stereocenters. The molecule has 0 aromatic carbocycles. The molecular weight excluding hydrogens is 191 g/mol. The summed E-state index contributed by atoms with van der Waals surface area (Å²) < 4.78 is 15.7. The first-order valence-corrected chi connectivity index (χ1v) is 6.38. The Morgan fingerprint density at radius 2 is 1.33 bits per heavy atom. The van der Waals surface area contributed by atoms with E-state index < -0.39 is 5.97 Å². The van der Waals surface area contributed by atoms with E-state index in [0.29, 0.717) is 0 Å². The third-order valence-electron chi connectivity index (χ3n) is 3.16. The van der Waals surface area contributed by atoms with Gasteiger partial charge < -0.3 is 14.0 Å². The maximum absolute atomic E-state index is 5.23. The molecule has 0 aromatic rings. The van der Waals surface area contributed by atoms with Crippen LogP contribution in [-0.2, 0) is 14.0 Å². The highest BCUT2D eigenvalue weighted by Crippen LogP contribution is 2.45. The van der Waals surface area contributed by atoms with Crippen LogP contribution < -0.4 is 0 Å². The Morgan fingerprint density at radius 3 is 1.80 bits per heavy atom. The van der Waals surface area contributed by atoms with Gasteiger partial charge in [-0.2, -0.15) is 0 Å². The minimum Gasteiger partial charge on any atom is -0.336 e. The zero-order valence-corrected chi connectivity index (χ0v) is 9.67. The summed E-state index contributed by atoms with van der Waals surface area (Å²) >= 11 is 0. The lowest BCUT2D eigenvalue weighted by molar-refractivity contribution is -0.463. The molecule has 0 aliphatic carbocycles.